The van der Waals surface area contributed by atoms with Gasteiger partial charge in [-0.2, -0.15) is 0 Å². The molecule has 0 bridgehead atoms. The van der Waals surface area contributed by atoms with Gasteiger partial charge in [-0.1, -0.05) is 24.3 Å². The molecule has 0 aliphatic carbocycles. The largest absolute Gasteiger partial charge is 0.493 e. The van der Waals surface area contributed by atoms with Crippen LogP contribution < -0.4 is 10.1 Å². The molecule has 8 heteroatoms. The molecule has 2 amide bonds. The van der Waals surface area contributed by atoms with E-state index in [1.54, 1.807) is 4.90 Å². The van der Waals surface area contributed by atoms with Crippen LogP contribution in [-0.4, -0.2) is 51.0 Å². The number of para-hydroxylation sites is 1. The van der Waals surface area contributed by atoms with E-state index in [9.17, 15) is 9.59 Å². The number of piperidine rings is 1. The molecule has 2 unspecified atom stereocenters. The molecule has 2 aromatic heterocycles. The van der Waals surface area contributed by atoms with Crippen LogP contribution in [0.1, 0.15) is 38.1 Å². The summed E-state index contributed by atoms with van der Waals surface area (Å²) in [5, 5.41) is 11.4. The summed E-state index contributed by atoms with van der Waals surface area (Å²) in [5.74, 6) is 1.17. The van der Waals surface area contributed by atoms with Crippen molar-refractivity contribution in [3.8, 4) is 5.75 Å². The molecule has 3 aromatic rings. The maximum absolute atomic E-state index is 12.9. The van der Waals surface area contributed by atoms with Gasteiger partial charge in [-0.05, 0) is 44.0 Å². The molecule has 0 saturated carbocycles. The average molecular weight is 422 g/mol. The first-order valence-corrected chi connectivity index (χ1v) is 10.7. The minimum absolute atomic E-state index is 0.0185. The van der Waals surface area contributed by atoms with Crippen LogP contribution in [0.25, 0.3) is 5.65 Å². The molecule has 31 heavy (non-hydrogen) atoms. The summed E-state index contributed by atoms with van der Waals surface area (Å²) in [5.41, 5.74) is 0.741. The second-order valence-electron chi connectivity index (χ2n) is 7.81. The first kappa shape index (κ1) is 20.8. The van der Waals surface area contributed by atoms with Crippen LogP contribution >= 0.6 is 0 Å². The Labute approximate surface area is 181 Å². The first-order valence-electron chi connectivity index (χ1n) is 10.7. The molecule has 4 rings (SSSR count). The minimum Gasteiger partial charge on any atom is -0.493 e. The van der Waals surface area contributed by atoms with Crippen molar-refractivity contribution in [3.05, 3.63) is 60.6 Å². The van der Waals surface area contributed by atoms with E-state index in [1.807, 2.05) is 66.1 Å². The molecule has 3 heterocycles. The molecule has 0 radical (unpaired) electrons. The minimum atomic E-state index is -0.282. The number of likely N-dealkylation sites (tertiary alicyclic amines) is 1. The topological polar surface area (TPSA) is 88.8 Å². The number of carbonyl (C=O) groups is 2. The Morgan fingerprint density at radius 2 is 1.97 bits per heavy atom. The van der Waals surface area contributed by atoms with Crippen molar-refractivity contribution in [2.75, 3.05) is 19.7 Å². The first-order chi connectivity index (χ1) is 15.1. The van der Waals surface area contributed by atoms with E-state index in [2.05, 4.69) is 15.5 Å². The van der Waals surface area contributed by atoms with E-state index in [0.29, 0.717) is 31.9 Å². The highest BCUT2D eigenvalue weighted by molar-refractivity contribution is 5.81. The zero-order valence-corrected chi connectivity index (χ0v) is 17.6. The zero-order valence-electron chi connectivity index (χ0n) is 17.6. The summed E-state index contributed by atoms with van der Waals surface area (Å²) in [6.45, 7) is 3.34. The van der Waals surface area contributed by atoms with Crippen LogP contribution in [0.4, 0.5) is 0 Å². The maximum atomic E-state index is 12.9. The molecule has 2 atom stereocenters. The molecular weight excluding hydrogens is 394 g/mol. The van der Waals surface area contributed by atoms with Gasteiger partial charge in [0.2, 0.25) is 11.8 Å². The lowest BCUT2D eigenvalue weighted by atomic mass is 9.96. The van der Waals surface area contributed by atoms with Crippen LogP contribution in [0.3, 0.4) is 0 Å². The third kappa shape index (κ3) is 5.02. The molecule has 0 spiro atoms. The van der Waals surface area contributed by atoms with Crippen molar-refractivity contribution >= 4 is 17.5 Å². The Morgan fingerprint density at radius 3 is 2.81 bits per heavy atom. The van der Waals surface area contributed by atoms with E-state index in [-0.39, 0.29) is 23.8 Å². The van der Waals surface area contributed by atoms with Gasteiger partial charge >= 0.3 is 0 Å². The molecule has 8 nitrogen and oxygen atoms in total. The SMILES string of the molecule is CC(NC(=O)C1CCCN(C(=O)CCOc2ccccc2)C1)c1nnc2ccccn12. The van der Waals surface area contributed by atoms with E-state index in [4.69, 9.17) is 4.74 Å². The highest BCUT2D eigenvalue weighted by Crippen LogP contribution is 2.20. The number of ether oxygens (including phenoxy) is 1. The number of benzene rings is 1. The summed E-state index contributed by atoms with van der Waals surface area (Å²) in [7, 11) is 0. The second kappa shape index (κ2) is 9.59. The number of pyridine rings is 1. The van der Waals surface area contributed by atoms with Crippen molar-refractivity contribution in [1.82, 2.24) is 24.8 Å². The lowest BCUT2D eigenvalue weighted by molar-refractivity contribution is -0.136. The fourth-order valence-corrected chi connectivity index (χ4v) is 3.90. The fraction of sp³-hybridized carbons (Fsp3) is 0.391. The number of rotatable bonds is 7. The second-order valence-corrected chi connectivity index (χ2v) is 7.81. The number of nitrogens with one attached hydrogen (secondary N) is 1. The van der Waals surface area contributed by atoms with Crippen molar-refractivity contribution in [2.24, 2.45) is 5.92 Å². The molecule has 1 N–H and O–H groups in total. The number of nitrogens with zero attached hydrogens (tertiary/aromatic N) is 4. The van der Waals surface area contributed by atoms with Crippen LogP contribution in [0.2, 0.25) is 0 Å². The van der Waals surface area contributed by atoms with Crippen LogP contribution in [0, 0.1) is 5.92 Å². The summed E-state index contributed by atoms with van der Waals surface area (Å²) >= 11 is 0. The van der Waals surface area contributed by atoms with E-state index in [0.717, 1.165) is 24.2 Å². The standard InChI is InChI=1S/C23H27N5O3/c1-17(22-26-25-20-11-5-6-14-28(20)22)24-23(30)18-8-7-13-27(16-18)21(29)12-15-31-19-9-3-2-4-10-19/h2-6,9-11,14,17-18H,7-8,12-13,15-16H2,1H3,(H,24,30). The average Bonchev–Trinajstić information content (AvgIpc) is 3.24. The summed E-state index contributed by atoms with van der Waals surface area (Å²) < 4.78 is 7.50. The Morgan fingerprint density at radius 1 is 1.16 bits per heavy atom. The summed E-state index contributed by atoms with van der Waals surface area (Å²) in [6, 6.07) is 14.8. The third-order valence-electron chi connectivity index (χ3n) is 5.56. The van der Waals surface area contributed by atoms with Gasteiger partial charge in [-0.15, -0.1) is 10.2 Å². The number of carbonyl (C=O) groups excluding carboxylic acids is 2. The van der Waals surface area contributed by atoms with E-state index in [1.165, 1.54) is 0 Å². The predicted octanol–water partition coefficient (Wildman–Crippen LogP) is 2.61. The number of hydrogen-bond donors (Lipinski definition) is 1. The monoisotopic (exact) mass is 421 g/mol. The van der Waals surface area contributed by atoms with Gasteiger partial charge in [-0.25, -0.2) is 0 Å². The van der Waals surface area contributed by atoms with Crippen molar-refractivity contribution in [2.45, 2.75) is 32.2 Å². The Kier molecular flexibility index (Phi) is 6.45. The van der Waals surface area contributed by atoms with E-state index >= 15 is 0 Å². The molecular formula is C23H27N5O3. The van der Waals surface area contributed by atoms with Gasteiger partial charge in [0.25, 0.3) is 0 Å². The van der Waals surface area contributed by atoms with Crippen LogP contribution in [0.5, 0.6) is 5.75 Å². The third-order valence-corrected chi connectivity index (χ3v) is 5.56. The highest BCUT2D eigenvalue weighted by atomic mass is 16.5. The summed E-state index contributed by atoms with van der Waals surface area (Å²) in [4.78, 5) is 27.3. The number of aromatic nitrogens is 3. The number of amides is 2. The number of hydrogen-bond acceptors (Lipinski definition) is 5. The molecule has 1 aliphatic rings. The molecule has 1 aromatic carbocycles. The quantitative estimate of drug-likeness (QED) is 0.634. The van der Waals surface area contributed by atoms with Gasteiger partial charge in [0.1, 0.15) is 5.75 Å². The Bertz CT molecular complexity index is 1040. The van der Waals surface area contributed by atoms with Gasteiger partial charge in [-0.3, -0.25) is 14.0 Å². The number of fused-ring (bicyclic) bond motifs is 1. The van der Waals surface area contributed by atoms with Crippen LogP contribution in [0.15, 0.2) is 54.7 Å². The van der Waals surface area contributed by atoms with Gasteiger partial charge < -0.3 is 15.0 Å². The normalized spacial score (nSPS) is 17.3. The molecule has 162 valence electrons. The van der Waals surface area contributed by atoms with E-state index < -0.39 is 0 Å². The lowest BCUT2D eigenvalue weighted by Crippen LogP contribution is -2.46. The summed E-state index contributed by atoms with van der Waals surface area (Å²) in [6.07, 6.45) is 3.76. The van der Waals surface area contributed by atoms with Crippen molar-refractivity contribution in [1.29, 1.82) is 0 Å². The molecule has 1 saturated heterocycles. The van der Waals surface area contributed by atoms with Gasteiger partial charge in [0, 0.05) is 19.3 Å². The van der Waals surface area contributed by atoms with Crippen molar-refractivity contribution < 1.29 is 14.3 Å². The highest BCUT2D eigenvalue weighted by Gasteiger charge is 2.29. The molecule has 1 fully saturated rings. The smallest absolute Gasteiger partial charge is 0.226 e. The maximum Gasteiger partial charge on any atom is 0.226 e. The van der Waals surface area contributed by atoms with Gasteiger partial charge in [0.15, 0.2) is 11.5 Å². The molecule has 1 aliphatic heterocycles. The predicted molar refractivity (Wildman–Crippen MR) is 115 cm³/mol. The lowest BCUT2D eigenvalue weighted by Gasteiger charge is -2.32. The zero-order chi connectivity index (χ0) is 21.6. The Balaban J connectivity index is 1.29. The van der Waals surface area contributed by atoms with Crippen molar-refractivity contribution in [3.63, 3.8) is 0 Å². The van der Waals surface area contributed by atoms with Crippen LogP contribution in [-0.2, 0) is 9.59 Å². The van der Waals surface area contributed by atoms with Gasteiger partial charge in [0.05, 0.1) is 25.0 Å². The Hall–Kier alpha value is -3.42. The fourth-order valence-electron chi connectivity index (χ4n) is 3.90.